The summed E-state index contributed by atoms with van der Waals surface area (Å²) in [6, 6.07) is -0.351. The summed E-state index contributed by atoms with van der Waals surface area (Å²) in [6.07, 6.45) is 0.484. The van der Waals surface area contributed by atoms with Crippen molar-refractivity contribution in [3.05, 3.63) is 0 Å². The number of ketones is 1. The molecule has 1 amide bonds. The van der Waals surface area contributed by atoms with Gasteiger partial charge in [-0.05, 0) is 19.8 Å². The van der Waals surface area contributed by atoms with Crippen LogP contribution in [0, 0.1) is 5.92 Å². The second kappa shape index (κ2) is 4.91. The highest BCUT2D eigenvalue weighted by Gasteiger charge is 2.11. The molecule has 3 heteroatoms. The van der Waals surface area contributed by atoms with Gasteiger partial charge < -0.3 is 5.32 Å². The largest absolute Gasteiger partial charge is 0.347 e. The van der Waals surface area contributed by atoms with Crippen LogP contribution in [0.4, 0.5) is 0 Å². The van der Waals surface area contributed by atoms with Crippen molar-refractivity contribution < 1.29 is 9.59 Å². The van der Waals surface area contributed by atoms with Gasteiger partial charge in [-0.3, -0.25) is 9.59 Å². The predicted molar refractivity (Wildman–Crippen MR) is 47.7 cm³/mol. The monoisotopic (exact) mass is 171 g/mol. The van der Waals surface area contributed by atoms with Crippen LogP contribution < -0.4 is 5.32 Å². The van der Waals surface area contributed by atoms with Gasteiger partial charge >= 0.3 is 0 Å². The Morgan fingerprint density at radius 3 is 2.08 bits per heavy atom. The molecule has 12 heavy (non-hydrogen) atoms. The Hall–Kier alpha value is -0.860. The van der Waals surface area contributed by atoms with Crippen molar-refractivity contribution in [3.63, 3.8) is 0 Å². The first-order chi connectivity index (χ1) is 5.43. The van der Waals surface area contributed by atoms with Crippen LogP contribution in [0.15, 0.2) is 0 Å². The molecule has 0 aromatic rings. The summed E-state index contributed by atoms with van der Waals surface area (Å²) < 4.78 is 0. The van der Waals surface area contributed by atoms with Crippen LogP contribution in [0.5, 0.6) is 0 Å². The van der Waals surface area contributed by atoms with Gasteiger partial charge in [-0.25, -0.2) is 0 Å². The fourth-order valence-electron chi connectivity index (χ4n) is 0.773. The van der Waals surface area contributed by atoms with E-state index in [1.165, 1.54) is 6.92 Å². The predicted octanol–water partition coefficient (Wildman–Crippen LogP) is 1.13. The van der Waals surface area contributed by atoms with Crippen molar-refractivity contribution in [1.29, 1.82) is 0 Å². The maximum atomic E-state index is 11.1. The zero-order chi connectivity index (χ0) is 9.72. The summed E-state index contributed by atoms with van der Waals surface area (Å²) in [5, 5.41) is 2.62. The van der Waals surface area contributed by atoms with E-state index in [4.69, 9.17) is 0 Å². The number of hydrogen-bond acceptors (Lipinski definition) is 2. The van der Waals surface area contributed by atoms with Gasteiger partial charge in [0.2, 0.25) is 5.91 Å². The maximum Gasteiger partial charge on any atom is 0.220 e. The molecule has 0 radical (unpaired) electrons. The zero-order valence-corrected chi connectivity index (χ0v) is 8.18. The van der Waals surface area contributed by atoms with Crippen LogP contribution in [0.2, 0.25) is 0 Å². The van der Waals surface area contributed by atoms with E-state index in [1.807, 2.05) is 13.8 Å². The average molecular weight is 171 g/mol. The van der Waals surface area contributed by atoms with Crippen LogP contribution in [-0.4, -0.2) is 17.7 Å². The molecule has 0 aliphatic heterocycles. The van der Waals surface area contributed by atoms with Crippen molar-refractivity contribution >= 4 is 11.7 Å². The first-order valence-corrected chi connectivity index (χ1v) is 4.23. The van der Waals surface area contributed by atoms with Gasteiger partial charge in [0, 0.05) is 6.42 Å². The third-order valence-electron chi connectivity index (χ3n) is 1.58. The molecule has 0 rings (SSSR count). The molecule has 70 valence electrons. The van der Waals surface area contributed by atoms with Crippen molar-refractivity contribution in [1.82, 2.24) is 5.32 Å². The molecule has 0 aliphatic carbocycles. The Morgan fingerprint density at radius 2 is 1.75 bits per heavy atom. The van der Waals surface area contributed by atoms with Gasteiger partial charge in [0.15, 0.2) is 5.78 Å². The van der Waals surface area contributed by atoms with Crippen LogP contribution in [-0.2, 0) is 9.59 Å². The molecule has 0 unspecified atom stereocenters. The van der Waals surface area contributed by atoms with Gasteiger partial charge in [0.05, 0.1) is 6.04 Å². The summed E-state index contributed by atoms with van der Waals surface area (Å²) in [6.45, 7) is 7.11. The van der Waals surface area contributed by atoms with E-state index < -0.39 is 0 Å². The molecule has 3 nitrogen and oxygen atoms in total. The Kier molecular flexibility index (Phi) is 4.55. The van der Waals surface area contributed by atoms with Crippen molar-refractivity contribution in [3.8, 4) is 0 Å². The quantitative estimate of drug-likeness (QED) is 0.689. The minimum absolute atomic E-state index is 0.00731. The lowest BCUT2D eigenvalue weighted by Crippen LogP contribution is -2.37. The first kappa shape index (κ1) is 11.1. The number of carbonyl (C=O) groups excluding carboxylic acids is 2. The Bertz CT molecular complexity index is 175. The fourth-order valence-corrected chi connectivity index (χ4v) is 0.773. The highest BCUT2D eigenvalue weighted by atomic mass is 16.2. The molecule has 0 aliphatic rings. The number of nitrogens with one attached hydrogen (secondary N) is 1. The summed E-state index contributed by atoms with van der Waals surface area (Å²) in [4.78, 5) is 21.9. The number of carbonyl (C=O) groups is 2. The van der Waals surface area contributed by atoms with Gasteiger partial charge in [-0.1, -0.05) is 13.8 Å². The topological polar surface area (TPSA) is 46.2 Å². The normalized spacial score (nSPS) is 12.8. The zero-order valence-electron chi connectivity index (χ0n) is 8.18. The summed E-state index contributed by atoms with van der Waals surface area (Å²) in [5.74, 6) is 0.281. The molecule has 0 aromatic heterocycles. The van der Waals surface area contributed by atoms with Gasteiger partial charge in [-0.2, -0.15) is 0 Å². The SMILES string of the molecule is CC(=O)[C@H](C)NC(=O)CC(C)C. The number of rotatable bonds is 4. The molecule has 0 bridgehead atoms. The molecule has 0 saturated carbocycles. The lowest BCUT2D eigenvalue weighted by atomic mass is 10.1. The second-order valence-electron chi connectivity index (χ2n) is 3.50. The number of Topliss-reactive ketones (excluding diaryl/α,β-unsaturated/α-hetero) is 1. The van der Waals surface area contributed by atoms with Crippen LogP contribution >= 0.6 is 0 Å². The maximum absolute atomic E-state index is 11.1. The molecule has 0 heterocycles. The lowest BCUT2D eigenvalue weighted by molar-refractivity contribution is -0.127. The first-order valence-electron chi connectivity index (χ1n) is 4.23. The van der Waals surface area contributed by atoms with Gasteiger partial charge in [0.25, 0.3) is 0 Å². The third-order valence-corrected chi connectivity index (χ3v) is 1.58. The lowest BCUT2D eigenvalue weighted by Gasteiger charge is -2.11. The highest BCUT2D eigenvalue weighted by molar-refractivity contribution is 5.87. The molecule has 0 saturated heterocycles. The standard InChI is InChI=1S/C9H17NO2/c1-6(2)5-9(12)10-7(3)8(4)11/h6-7H,5H2,1-4H3,(H,10,12)/t7-/m0/s1. The second-order valence-corrected chi connectivity index (χ2v) is 3.50. The van der Waals surface area contributed by atoms with Gasteiger partial charge in [-0.15, -0.1) is 0 Å². The van der Waals surface area contributed by atoms with Crippen LogP contribution in [0.25, 0.3) is 0 Å². The summed E-state index contributed by atoms with van der Waals surface area (Å²) in [5.41, 5.74) is 0. The molecule has 1 N–H and O–H groups in total. The minimum atomic E-state index is -0.351. The van der Waals surface area contributed by atoms with Crippen molar-refractivity contribution in [2.45, 2.75) is 40.2 Å². The van der Waals surface area contributed by atoms with Crippen molar-refractivity contribution in [2.75, 3.05) is 0 Å². The molecular weight excluding hydrogens is 154 g/mol. The molecule has 0 spiro atoms. The Balaban J connectivity index is 3.77. The average Bonchev–Trinajstić information content (AvgIpc) is 1.84. The Labute approximate surface area is 73.5 Å². The van der Waals surface area contributed by atoms with Crippen molar-refractivity contribution in [2.24, 2.45) is 5.92 Å². The number of hydrogen-bond donors (Lipinski definition) is 1. The van der Waals surface area contributed by atoms with Crippen LogP contribution in [0.1, 0.15) is 34.1 Å². The van der Waals surface area contributed by atoms with E-state index in [9.17, 15) is 9.59 Å². The molecule has 1 atom stereocenters. The highest BCUT2D eigenvalue weighted by Crippen LogP contribution is 1.98. The van der Waals surface area contributed by atoms with E-state index in [1.54, 1.807) is 6.92 Å². The molecule has 0 fully saturated rings. The fraction of sp³-hybridized carbons (Fsp3) is 0.778. The van der Waals surface area contributed by atoms with E-state index in [2.05, 4.69) is 5.32 Å². The summed E-state index contributed by atoms with van der Waals surface area (Å²) in [7, 11) is 0. The minimum Gasteiger partial charge on any atom is -0.347 e. The molecule has 0 aromatic carbocycles. The summed E-state index contributed by atoms with van der Waals surface area (Å²) >= 11 is 0. The van der Waals surface area contributed by atoms with E-state index in [0.717, 1.165) is 0 Å². The van der Waals surface area contributed by atoms with Gasteiger partial charge in [0.1, 0.15) is 0 Å². The molecular formula is C9H17NO2. The smallest absolute Gasteiger partial charge is 0.220 e. The van der Waals surface area contributed by atoms with E-state index in [0.29, 0.717) is 12.3 Å². The van der Waals surface area contributed by atoms with E-state index >= 15 is 0 Å². The number of amides is 1. The van der Waals surface area contributed by atoms with E-state index in [-0.39, 0.29) is 17.7 Å². The Morgan fingerprint density at radius 1 is 1.25 bits per heavy atom. The third kappa shape index (κ3) is 4.88. The van der Waals surface area contributed by atoms with Crippen LogP contribution in [0.3, 0.4) is 0 Å².